The van der Waals surface area contributed by atoms with Crippen molar-refractivity contribution in [3.63, 3.8) is 0 Å². The first kappa shape index (κ1) is 12.7. The molecule has 0 spiro atoms. The number of thiophene rings is 1. The molecule has 1 atom stereocenters. The van der Waals surface area contributed by atoms with E-state index in [-0.39, 0.29) is 11.9 Å². The van der Waals surface area contributed by atoms with Gasteiger partial charge in [-0.25, -0.2) is 4.39 Å². The highest BCUT2D eigenvalue weighted by Gasteiger charge is 2.09. The molecule has 0 bridgehead atoms. The summed E-state index contributed by atoms with van der Waals surface area (Å²) in [5.74, 6) is -0.240. The third kappa shape index (κ3) is 2.76. The molecule has 0 radical (unpaired) electrons. The van der Waals surface area contributed by atoms with Gasteiger partial charge in [-0.1, -0.05) is 13.0 Å². The summed E-state index contributed by atoms with van der Waals surface area (Å²) in [6.07, 6.45) is 0.924. The molecule has 4 heteroatoms. The summed E-state index contributed by atoms with van der Waals surface area (Å²) in [4.78, 5) is 2.28. The van der Waals surface area contributed by atoms with Crippen molar-refractivity contribution in [2.45, 2.75) is 19.4 Å². The van der Waals surface area contributed by atoms with Crippen molar-refractivity contribution >= 4 is 27.3 Å². The van der Waals surface area contributed by atoms with E-state index in [9.17, 15) is 4.39 Å². The van der Waals surface area contributed by atoms with Crippen LogP contribution in [-0.4, -0.2) is 0 Å². The highest BCUT2D eigenvalue weighted by Crippen LogP contribution is 2.33. The van der Waals surface area contributed by atoms with Gasteiger partial charge in [0.2, 0.25) is 0 Å². The van der Waals surface area contributed by atoms with Gasteiger partial charge >= 0.3 is 0 Å². The summed E-state index contributed by atoms with van der Waals surface area (Å²) >= 11 is 4.86. The van der Waals surface area contributed by atoms with Crippen LogP contribution in [0.4, 0.5) is 4.39 Å². The molecule has 90 valence electrons. The molecule has 17 heavy (non-hydrogen) atoms. The van der Waals surface area contributed by atoms with Crippen LogP contribution in [-0.2, 0) is 0 Å². The van der Waals surface area contributed by atoms with Gasteiger partial charge in [0.1, 0.15) is 5.82 Å². The maximum atomic E-state index is 13.1. The molecular formula is C13H13BrFNS. The lowest BCUT2D eigenvalue weighted by atomic mass is 10.2. The van der Waals surface area contributed by atoms with Crippen molar-refractivity contribution < 1.29 is 4.39 Å². The summed E-state index contributed by atoms with van der Waals surface area (Å²) in [6.45, 7) is 2.07. The maximum Gasteiger partial charge on any atom is 0.137 e. The van der Waals surface area contributed by atoms with Gasteiger partial charge in [0.15, 0.2) is 0 Å². The van der Waals surface area contributed by atoms with E-state index in [4.69, 9.17) is 5.73 Å². The predicted molar refractivity (Wildman–Crippen MR) is 74.6 cm³/mol. The van der Waals surface area contributed by atoms with E-state index in [2.05, 4.69) is 22.9 Å². The highest BCUT2D eigenvalue weighted by atomic mass is 79.9. The number of hydrogen-bond donors (Lipinski definition) is 1. The minimum absolute atomic E-state index is 0.0950. The summed E-state index contributed by atoms with van der Waals surface area (Å²) < 4.78 is 13.6. The first-order chi connectivity index (χ1) is 8.11. The van der Waals surface area contributed by atoms with Gasteiger partial charge in [0, 0.05) is 15.8 Å². The van der Waals surface area contributed by atoms with Gasteiger partial charge in [-0.05, 0) is 52.2 Å². The van der Waals surface area contributed by atoms with E-state index in [0.717, 1.165) is 16.9 Å². The fourth-order valence-corrected chi connectivity index (χ4v) is 3.03. The van der Waals surface area contributed by atoms with E-state index in [1.807, 2.05) is 12.1 Å². The van der Waals surface area contributed by atoms with Gasteiger partial charge in [-0.15, -0.1) is 11.3 Å². The van der Waals surface area contributed by atoms with E-state index in [1.165, 1.54) is 10.9 Å². The zero-order chi connectivity index (χ0) is 12.4. The van der Waals surface area contributed by atoms with Gasteiger partial charge in [-0.2, -0.15) is 0 Å². The fraction of sp³-hybridized carbons (Fsp3) is 0.231. The molecule has 1 unspecified atom stereocenters. The van der Waals surface area contributed by atoms with Gasteiger partial charge in [-0.3, -0.25) is 0 Å². The smallest absolute Gasteiger partial charge is 0.137 e. The molecule has 1 aromatic heterocycles. The Morgan fingerprint density at radius 3 is 2.76 bits per heavy atom. The maximum absolute atomic E-state index is 13.1. The number of hydrogen-bond acceptors (Lipinski definition) is 2. The Morgan fingerprint density at radius 2 is 2.12 bits per heavy atom. The van der Waals surface area contributed by atoms with E-state index in [1.54, 1.807) is 23.5 Å². The lowest BCUT2D eigenvalue weighted by molar-refractivity contribution is 0.621. The largest absolute Gasteiger partial charge is 0.323 e. The molecule has 0 fully saturated rings. The molecule has 1 nitrogen and oxygen atoms in total. The lowest BCUT2D eigenvalue weighted by Crippen LogP contribution is -2.05. The van der Waals surface area contributed by atoms with Gasteiger partial charge in [0.05, 0.1) is 4.47 Å². The molecular weight excluding hydrogens is 301 g/mol. The standard InChI is InChI=1S/C13H13BrFNS/c1-2-11(16)13-6-5-12(17-13)8-3-4-10(15)9(14)7-8/h3-7,11H,2,16H2,1H3. The van der Waals surface area contributed by atoms with Crippen LogP contribution < -0.4 is 5.73 Å². The van der Waals surface area contributed by atoms with Crippen molar-refractivity contribution in [1.82, 2.24) is 0 Å². The zero-order valence-corrected chi connectivity index (χ0v) is 11.8. The molecule has 0 aliphatic heterocycles. The third-order valence-electron chi connectivity index (χ3n) is 2.64. The Bertz CT molecular complexity index is 524. The zero-order valence-electron chi connectivity index (χ0n) is 9.41. The van der Waals surface area contributed by atoms with Crippen molar-refractivity contribution in [2.75, 3.05) is 0 Å². The minimum Gasteiger partial charge on any atom is -0.323 e. The SMILES string of the molecule is CCC(N)c1ccc(-c2ccc(F)c(Br)c2)s1. The summed E-state index contributed by atoms with van der Waals surface area (Å²) in [5, 5.41) is 0. The van der Waals surface area contributed by atoms with Gasteiger partial charge < -0.3 is 5.73 Å². The number of rotatable bonds is 3. The second-order valence-electron chi connectivity index (χ2n) is 3.85. The predicted octanol–water partition coefficient (Wildman–Crippen LogP) is 4.73. The van der Waals surface area contributed by atoms with E-state index in [0.29, 0.717) is 4.47 Å². The molecule has 2 rings (SSSR count). The van der Waals surface area contributed by atoms with Crippen LogP contribution in [0.3, 0.4) is 0 Å². The third-order valence-corrected chi connectivity index (χ3v) is 4.51. The molecule has 1 aromatic carbocycles. The lowest BCUT2D eigenvalue weighted by Gasteiger charge is -2.04. The van der Waals surface area contributed by atoms with Crippen molar-refractivity contribution in [3.05, 3.63) is 45.5 Å². The second kappa shape index (κ2) is 5.29. The van der Waals surface area contributed by atoms with Crippen LogP contribution in [0.1, 0.15) is 24.3 Å². The summed E-state index contributed by atoms with van der Waals surface area (Å²) in [7, 11) is 0. The Morgan fingerprint density at radius 1 is 1.35 bits per heavy atom. The minimum atomic E-state index is -0.240. The van der Waals surface area contributed by atoms with Crippen LogP contribution in [0.25, 0.3) is 10.4 Å². The topological polar surface area (TPSA) is 26.0 Å². The van der Waals surface area contributed by atoms with Crippen molar-refractivity contribution in [1.29, 1.82) is 0 Å². The van der Waals surface area contributed by atoms with Crippen molar-refractivity contribution in [2.24, 2.45) is 5.73 Å². The summed E-state index contributed by atoms with van der Waals surface area (Å²) in [5.41, 5.74) is 6.99. The first-order valence-corrected chi connectivity index (χ1v) is 7.03. The molecule has 0 aliphatic rings. The quantitative estimate of drug-likeness (QED) is 0.871. The molecule has 0 amide bonds. The summed E-state index contributed by atoms with van der Waals surface area (Å²) in [6, 6.07) is 9.23. The van der Waals surface area contributed by atoms with Crippen LogP contribution in [0, 0.1) is 5.82 Å². The van der Waals surface area contributed by atoms with Crippen LogP contribution in [0.15, 0.2) is 34.8 Å². The first-order valence-electron chi connectivity index (χ1n) is 5.42. The van der Waals surface area contributed by atoms with Crippen LogP contribution >= 0.6 is 27.3 Å². The fourth-order valence-electron chi connectivity index (χ4n) is 1.56. The normalized spacial score (nSPS) is 12.7. The second-order valence-corrected chi connectivity index (χ2v) is 5.82. The molecule has 2 aromatic rings. The Balaban J connectivity index is 2.33. The average molecular weight is 314 g/mol. The number of halogens is 2. The molecule has 2 N–H and O–H groups in total. The van der Waals surface area contributed by atoms with E-state index >= 15 is 0 Å². The van der Waals surface area contributed by atoms with Crippen LogP contribution in [0.5, 0.6) is 0 Å². The average Bonchev–Trinajstić information content (AvgIpc) is 2.81. The number of nitrogens with two attached hydrogens (primary N) is 1. The van der Waals surface area contributed by atoms with Crippen molar-refractivity contribution in [3.8, 4) is 10.4 Å². The molecule has 0 saturated heterocycles. The van der Waals surface area contributed by atoms with Gasteiger partial charge in [0.25, 0.3) is 0 Å². The monoisotopic (exact) mass is 313 g/mol. The Hall–Kier alpha value is -0.710. The molecule has 1 heterocycles. The van der Waals surface area contributed by atoms with E-state index < -0.39 is 0 Å². The Labute approximate surface area is 113 Å². The highest BCUT2D eigenvalue weighted by molar-refractivity contribution is 9.10. The van der Waals surface area contributed by atoms with Crippen LogP contribution in [0.2, 0.25) is 0 Å². The number of benzene rings is 1. The molecule has 0 saturated carbocycles. The Kier molecular flexibility index (Phi) is 3.97. The molecule has 0 aliphatic carbocycles.